The molecule has 8 heteroatoms. The van der Waals surface area contributed by atoms with Crippen molar-refractivity contribution in [2.45, 2.75) is 0 Å². The number of aromatic nitrogens is 4. The van der Waals surface area contributed by atoms with E-state index in [-0.39, 0.29) is 13.4 Å². The van der Waals surface area contributed by atoms with E-state index in [1.54, 1.807) is 0 Å². The average Bonchev–Trinajstić information content (AvgIpc) is 4.30. The molecule has 6 nitrogen and oxygen atoms in total. The molecule has 0 aliphatic carbocycles. The normalized spacial score (nSPS) is 13.6. The second-order valence-corrected chi connectivity index (χ2v) is 20.6. The molecule has 74 heavy (non-hydrogen) atoms. The van der Waals surface area contributed by atoms with Crippen LogP contribution in [0.2, 0.25) is 0 Å². The Balaban J connectivity index is 0.887. The second kappa shape index (κ2) is 13.2. The fourth-order valence-corrected chi connectivity index (χ4v) is 14.5. The fourth-order valence-electron chi connectivity index (χ4n) is 14.5. The Morgan fingerprint density at radius 3 is 1.00 bits per heavy atom. The summed E-state index contributed by atoms with van der Waals surface area (Å²) in [6.07, 6.45) is 0. The van der Waals surface area contributed by atoms with Gasteiger partial charge in [0.2, 0.25) is 0 Å². The lowest BCUT2D eigenvalue weighted by Gasteiger charge is -2.37. The first-order valence-electron chi connectivity index (χ1n) is 25.7. The summed E-state index contributed by atoms with van der Waals surface area (Å²) in [7, 11) is 0. The van der Waals surface area contributed by atoms with Gasteiger partial charge in [-0.25, -0.2) is 0 Å². The summed E-state index contributed by atoms with van der Waals surface area (Å²) in [5.41, 5.74) is 21.5. The zero-order chi connectivity index (χ0) is 47.7. The van der Waals surface area contributed by atoms with Crippen LogP contribution < -0.4 is 42.3 Å². The topological polar surface area (TPSA) is 38.2 Å². The van der Waals surface area contributed by atoms with Gasteiger partial charge < -0.3 is 27.7 Å². The molecule has 4 aromatic heterocycles. The van der Waals surface area contributed by atoms with Crippen LogP contribution in [0.25, 0.3) is 110 Å². The lowest BCUT2D eigenvalue weighted by Crippen LogP contribution is -2.62. The Labute approximate surface area is 423 Å². The van der Waals surface area contributed by atoms with Crippen molar-refractivity contribution in [1.29, 1.82) is 0 Å². The summed E-state index contributed by atoms with van der Waals surface area (Å²) < 4.78 is 24.3. The molecule has 0 atom stereocenters. The largest absolute Gasteiger partial charge is 0.458 e. The number of fused-ring (bicyclic) bond motifs is 20. The van der Waals surface area contributed by atoms with E-state index in [1.165, 1.54) is 120 Å². The second-order valence-electron chi connectivity index (χ2n) is 20.6. The lowest BCUT2D eigenvalue weighted by atomic mass is 9.31. The molecule has 0 bridgehead atoms. The zero-order valence-corrected chi connectivity index (χ0v) is 39.5. The number of benzene rings is 11. The number of ether oxygens (including phenoxy) is 2. The van der Waals surface area contributed by atoms with Crippen molar-refractivity contribution in [3.8, 4) is 45.7 Å². The van der Waals surface area contributed by atoms with Gasteiger partial charge in [0, 0.05) is 60.5 Å². The molecule has 19 rings (SSSR count). The molecule has 0 unspecified atom stereocenters. The molecule has 15 aromatic rings. The lowest BCUT2D eigenvalue weighted by molar-refractivity contribution is 0.465. The Hall–Kier alpha value is -9.65. The van der Waals surface area contributed by atoms with Crippen molar-refractivity contribution in [2.24, 2.45) is 0 Å². The standard InChI is InChI=1S/C66H36B2N4O2/c1-7-21-47-37(15-1)38-16-2-8-22-48(38)69(47)53-33-31-43-65-61(53)41-19-5-11-25-51(41)71(65)55-27-13-29-57-63(55)67(43)45-35-46-60(36-59(45)73-57)74-58-30-14-28-56-64(58)68(46)44-32-34-54(62-42-20-6-12-26-52(42)72(56)66(44)62)70-49-23-9-3-17-39(49)40-18-4-10-24-50(40)70/h1-36H. The molecule has 338 valence electrons. The van der Waals surface area contributed by atoms with Gasteiger partial charge in [-0.15, -0.1) is 0 Å². The molecule has 0 fully saturated rings. The Bertz CT molecular complexity index is 4710. The molecule has 0 N–H and O–H groups in total. The first-order valence-corrected chi connectivity index (χ1v) is 25.7. The van der Waals surface area contributed by atoms with E-state index < -0.39 is 0 Å². The monoisotopic (exact) mass is 938 g/mol. The van der Waals surface area contributed by atoms with E-state index >= 15 is 0 Å². The molecular formula is C66H36B2N4O2. The van der Waals surface area contributed by atoms with E-state index in [2.05, 4.69) is 237 Å². The summed E-state index contributed by atoms with van der Waals surface area (Å²) in [5, 5.41) is 9.97. The summed E-state index contributed by atoms with van der Waals surface area (Å²) in [4.78, 5) is 0. The van der Waals surface area contributed by atoms with E-state index in [1.807, 2.05) is 0 Å². The number of nitrogens with zero attached hydrogens (tertiary/aromatic N) is 4. The molecule has 11 aromatic carbocycles. The van der Waals surface area contributed by atoms with Crippen LogP contribution in [0.15, 0.2) is 218 Å². The molecule has 0 amide bonds. The molecule has 4 aliphatic rings. The van der Waals surface area contributed by atoms with Crippen LogP contribution in [-0.4, -0.2) is 31.7 Å². The van der Waals surface area contributed by atoms with Gasteiger partial charge in [-0.3, -0.25) is 0 Å². The van der Waals surface area contributed by atoms with Crippen molar-refractivity contribution < 1.29 is 9.47 Å². The third-order valence-electron chi connectivity index (χ3n) is 17.3. The van der Waals surface area contributed by atoms with Crippen LogP contribution in [0.5, 0.6) is 23.0 Å². The van der Waals surface area contributed by atoms with Crippen molar-refractivity contribution in [2.75, 3.05) is 0 Å². The Kier molecular flexibility index (Phi) is 6.82. The van der Waals surface area contributed by atoms with Crippen LogP contribution in [0.4, 0.5) is 0 Å². The summed E-state index contributed by atoms with van der Waals surface area (Å²) in [6.45, 7) is -0.211. The predicted octanol–water partition coefficient (Wildman–Crippen LogP) is 11.9. The minimum atomic E-state index is -0.105. The molecule has 0 spiro atoms. The maximum absolute atomic E-state index is 7.14. The van der Waals surface area contributed by atoms with Crippen LogP contribution >= 0.6 is 0 Å². The smallest absolute Gasteiger partial charge is 0.256 e. The molecule has 0 radical (unpaired) electrons. The van der Waals surface area contributed by atoms with Crippen LogP contribution in [0.3, 0.4) is 0 Å². The van der Waals surface area contributed by atoms with Crippen molar-refractivity contribution in [1.82, 2.24) is 18.3 Å². The Morgan fingerprint density at radius 1 is 0.257 bits per heavy atom. The van der Waals surface area contributed by atoms with E-state index in [0.29, 0.717) is 0 Å². The fraction of sp³-hybridized carbons (Fsp3) is 0. The van der Waals surface area contributed by atoms with Gasteiger partial charge in [-0.2, -0.15) is 0 Å². The van der Waals surface area contributed by atoms with Gasteiger partial charge in [0.25, 0.3) is 13.4 Å². The molecule has 8 heterocycles. The van der Waals surface area contributed by atoms with Gasteiger partial charge in [0.1, 0.15) is 23.0 Å². The highest BCUT2D eigenvalue weighted by molar-refractivity contribution is 7.02. The third-order valence-corrected chi connectivity index (χ3v) is 17.3. The summed E-state index contributed by atoms with van der Waals surface area (Å²) in [6, 6.07) is 80.7. The predicted molar refractivity (Wildman–Crippen MR) is 306 cm³/mol. The van der Waals surface area contributed by atoms with Gasteiger partial charge in [-0.1, -0.05) is 140 Å². The molecule has 0 saturated carbocycles. The van der Waals surface area contributed by atoms with Crippen molar-refractivity contribution in [3.05, 3.63) is 218 Å². The number of hydrogen-bond acceptors (Lipinski definition) is 2. The highest BCUT2D eigenvalue weighted by atomic mass is 16.5. The summed E-state index contributed by atoms with van der Waals surface area (Å²) >= 11 is 0. The first-order chi connectivity index (χ1) is 36.8. The molecule has 0 saturated heterocycles. The van der Waals surface area contributed by atoms with Gasteiger partial charge in [0.15, 0.2) is 0 Å². The SMILES string of the molecule is c1cc2c3c(c1)-n1c4ccccc4c4c(-n5c6ccccc6c6ccccc65)ccc(c41)B3c1cc3c(cc1O2)Oc1cccc2c1B3c1ccc(-n3c4ccccc4c4ccccc43)c3c4ccccc4n-2c13. The van der Waals surface area contributed by atoms with Gasteiger partial charge in [-0.05, 0) is 106 Å². The van der Waals surface area contributed by atoms with Gasteiger partial charge in [0.05, 0.1) is 55.5 Å². The van der Waals surface area contributed by atoms with E-state index in [4.69, 9.17) is 9.47 Å². The van der Waals surface area contributed by atoms with Crippen LogP contribution in [0, 0.1) is 0 Å². The maximum atomic E-state index is 7.14. The number of hydrogen-bond donors (Lipinski definition) is 0. The third kappa shape index (κ3) is 4.42. The van der Waals surface area contributed by atoms with E-state index in [9.17, 15) is 0 Å². The first kappa shape index (κ1) is 38.1. The molecular weight excluding hydrogens is 902 g/mol. The number of para-hydroxylation sites is 6. The van der Waals surface area contributed by atoms with Crippen molar-refractivity contribution >= 4 is 133 Å². The quantitative estimate of drug-likeness (QED) is 0.162. The van der Waals surface area contributed by atoms with Gasteiger partial charge >= 0.3 is 0 Å². The minimum absolute atomic E-state index is 0.105. The maximum Gasteiger partial charge on any atom is 0.256 e. The highest BCUT2D eigenvalue weighted by Gasteiger charge is 2.46. The summed E-state index contributed by atoms with van der Waals surface area (Å²) in [5.74, 6) is 3.43. The van der Waals surface area contributed by atoms with E-state index in [0.717, 1.165) is 45.3 Å². The van der Waals surface area contributed by atoms with Crippen LogP contribution in [0.1, 0.15) is 0 Å². The average molecular weight is 939 g/mol. The Morgan fingerprint density at radius 2 is 0.608 bits per heavy atom. The highest BCUT2D eigenvalue weighted by Crippen LogP contribution is 2.45. The molecule has 4 aliphatic heterocycles. The van der Waals surface area contributed by atoms with Crippen LogP contribution in [-0.2, 0) is 0 Å². The zero-order valence-electron chi connectivity index (χ0n) is 39.5. The number of rotatable bonds is 2. The minimum Gasteiger partial charge on any atom is -0.458 e. The van der Waals surface area contributed by atoms with Crippen molar-refractivity contribution in [3.63, 3.8) is 0 Å².